The molecule has 0 spiro atoms. The summed E-state index contributed by atoms with van der Waals surface area (Å²) in [5, 5.41) is 2.96. The topological polar surface area (TPSA) is 12.0 Å². The van der Waals surface area contributed by atoms with Gasteiger partial charge in [-0.1, -0.05) is 13.3 Å². The van der Waals surface area contributed by atoms with Crippen LogP contribution in [0.3, 0.4) is 0 Å². The van der Waals surface area contributed by atoms with Crippen LogP contribution in [-0.4, -0.2) is 6.04 Å². The Labute approximate surface area is 103 Å². The predicted octanol–water partition coefficient (Wildman–Crippen LogP) is 4.45. The summed E-state index contributed by atoms with van der Waals surface area (Å²) in [5.41, 5.74) is -0.793. The maximum Gasteiger partial charge on any atom is 0.416 e. The van der Waals surface area contributed by atoms with E-state index in [0.717, 1.165) is 25.3 Å². The molecular formula is C13H15F4N. The van der Waals surface area contributed by atoms with Gasteiger partial charge in [-0.25, -0.2) is 4.39 Å². The molecule has 0 aromatic heterocycles. The standard InChI is InChI=1S/C13H15F4N/c1-2-3-8-6-12(8)18-11-5-4-9(7-10(11)14)13(15,16)17/h4-5,7-8,12,18H,2-3,6H2,1H3. The van der Waals surface area contributed by atoms with Crippen LogP contribution >= 0.6 is 0 Å². The molecule has 100 valence electrons. The lowest BCUT2D eigenvalue weighted by molar-refractivity contribution is -0.137. The molecule has 2 unspecified atom stereocenters. The van der Waals surface area contributed by atoms with Gasteiger partial charge in [-0.3, -0.25) is 0 Å². The zero-order valence-electron chi connectivity index (χ0n) is 10.0. The zero-order valence-corrected chi connectivity index (χ0v) is 10.0. The van der Waals surface area contributed by atoms with Gasteiger partial charge in [0, 0.05) is 6.04 Å². The molecule has 2 rings (SSSR count). The molecule has 1 aromatic carbocycles. The van der Waals surface area contributed by atoms with Gasteiger partial charge >= 0.3 is 6.18 Å². The number of benzene rings is 1. The fourth-order valence-corrected chi connectivity index (χ4v) is 2.12. The van der Waals surface area contributed by atoms with E-state index in [1.54, 1.807) is 0 Å². The maximum atomic E-state index is 13.5. The number of alkyl halides is 3. The SMILES string of the molecule is CCCC1CC1Nc1ccc(C(F)(F)F)cc1F. The summed E-state index contributed by atoms with van der Waals surface area (Å²) in [7, 11) is 0. The number of anilines is 1. The van der Waals surface area contributed by atoms with Gasteiger partial charge in [0.05, 0.1) is 11.3 Å². The molecule has 5 heteroatoms. The lowest BCUT2D eigenvalue weighted by Crippen LogP contribution is -2.09. The van der Waals surface area contributed by atoms with E-state index in [2.05, 4.69) is 12.2 Å². The Morgan fingerprint density at radius 2 is 2.06 bits per heavy atom. The van der Waals surface area contributed by atoms with Crippen LogP contribution in [-0.2, 0) is 6.18 Å². The van der Waals surface area contributed by atoms with Crippen molar-refractivity contribution in [2.45, 2.75) is 38.4 Å². The monoisotopic (exact) mass is 261 g/mol. The van der Waals surface area contributed by atoms with Gasteiger partial charge in [0.2, 0.25) is 0 Å². The van der Waals surface area contributed by atoms with E-state index in [9.17, 15) is 17.6 Å². The Hall–Kier alpha value is -1.26. The third kappa shape index (κ3) is 2.94. The van der Waals surface area contributed by atoms with Crippen molar-refractivity contribution < 1.29 is 17.6 Å². The molecule has 0 amide bonds. The normalized spacial score (nSPS) is 22.9. The van der Waals surface area contributed by atoms with Gasteiger partial charge in [0.25, 0.3) is 0 Å². The lowest BCUT2D eigenvalue weighted by atomic mass is 10.2. The molecule has 1 aliphatic rings. The molecule has 18 heavy (non-hydrogen) atoms. The minimum absolute atomic E-state index is 0.159. The molecule has 1 N–H and O–H groups in total. The van der Waals surface area contributed by atoms with E-state index in [0.29, 0.717) is 12.0 Å². The first kappa shape index (κ1) is 13.2. The van der Waals surface area contributed by atoms with E-state index in [-0.39, 0.29) is 11.7 Å². The van der Waals surface area contributed by atoms with Gasteiger partial charge in [0.15, 0.2) is 0 Å². The third-order valence-corrected chi connectivity index (χ3v) is 3.22. The fraction of sp³-hybridized carbons (Fsp3) is 0.538. The first-order valence-electron chi connectivity index (χ1n) is 6.05. The summed E-state index contributed by atoms with van der Waals surface area (Å²) < 4.78 is 50.6. The summed E-state index contributed by atoms with van der Waals surface area (Å²) in [5.74, 6) is -0.316. The van der Waals surface area contributed by atoms with Crippen LogP contribution in [0.25, 0.3) is 0 Å². The highest BCUT2D eigenvalue weighted by atomic mass is 19.4. The van der Waals surface area contributed by atoms with Gasteiger partial charge in [-0.05, 0) is 37.0 Å². The summed E-state index contributed by atoms with van der Waals surface area (Å²) in [6.07, 6.45) is -1.39. The van der Waals surface area contributed by atoms with Gasteiger partial charge in [-0.15, -0.1) is 0 Å². The van der Waals surface area contributed by atoms with Crippen LogP contribution in [0.5, 0.6) is 0 Å². The molecule has 1 aliphatic carbocycles. The van der Waals surface area contributed by atoms with Gasteiger partial charge in [0.1, 0.15) is 5.82 Å². The van der Waals surface area contributed by atoms with Crippen LogP contribution in [0.4, 0.5) is 23.2 Å². The number of nitrogens with one attached hydrogen (secondary N) is 1. The average Bonchev–Trinajstić information content (AvgIpc) is 2.99. The first-order valence-corrected chi connectivity index (χ1v) is 6.05. The number of halogens is 4. The summed E-state index contributed by atoms with van der Waals surface area (Å²) in [6.45, 7) is 2.08. The highest BCUT2D eigenvalue weighted by Gasteiger charge is 2.37. The Morgan fingerprint density at radius 1 is 1.33 bits per heavy atom. The number of rotatable bonds is 4. The highest BCUT2D eigenvalue weighted by molar-refractivity contribution is 5.48. The van der Waals surface area contributed by atoms with E-state index >= 15 is 0 Å². The maximum absolute atomic E-state index is 13.5. The summed E-state index contributed by atoms with van der Waals surface area (Å²) in [6, 6.07) is 2.82. The molecule has 1 aromatic rings. The van der Waals surface area contributed by atoms with Crippen LogP contribution < -0.4 is 5.32 Å². The third-order valence-electron chi connectivity index (χ3n) is 3.22. The smallest absolute Gasteiger partial charge is 0.380 e. The van der Waals surface area contributed by atoms with Crippen molar-refractivity contribution in [2.75, 3.05) is 5.32 Å². The number of hydrogen-bond donors (Lipinski definition) is 1. The molecule has 1 saturated carbocycles. The second-order valence-electron chi connectivity index (χ2n) is 4.73. The Balaban J connectivity index is 2.03. The molecule has 0 aliphatic heterocycles. The van der Waals surface area contributed by atoms with Crippen LogP contribution in [0.1, 0.15) is 31.7 Å². The second kappa shape index (κ2) is 4.78. The van der Waals surface area contributed by atoms with Gasteiger partial charge < -0.3 is 5.32 Å². The van der Waals surface area contributed by atoms with Crippen LogP contribution in [0, 0.1) is 11.7 Å². The molecule has 0 heterocycles. The minimum atomic E-state index is -4.50. The minimum Gasteiger partial charge on any atom is -0.380 e. The van der Waals surface area contributed by atoms with Crippen molar-refractivity contribution in [2.24, 2.45) is 5.92 Å². The lowest BCUT2D eigenvalue weighted by Gasteiger charge is -2.10. The summed E-state index contributed by atoms with van der Waals surface area (Å²) >= 11 is 0. The Kier molecular flexibility index (Phi) is 3.50. The molecule has 0 bridgehead atoms. The van der Waals surface area contributed by atoms with Crippen LogP contribution in [0.2, 0.25) is 0 Å². The molecule has 0 radical (unpaired) electrons. The number of hydrogen-bond acceptors (Lipinski definition) is 1. The molecule has 2 atom stereocenters. The van der Waals surface area contributed by atoms with Crippen molar-refractivity contribution in [1.29, 1.82) is 0 Å². The molecule has 1 nitrogen and oxygen atoms in total. The quantitative estimate of drug-likeness (QED) is 0.790. The van der Waals surface area contributed by atoms with Gasteiger partial charge in [-0.2, -0.15) is 13.2 Å². The van der Waals surface area contributed by atoms with E-state index in [1.807, 2.05) is 0 Å². The fourth-order valence-electron chi connectivity index (χ4n) is 2.12. The van der Waals surface area contributed by atoms with E-state index < -0.39 is 17.6 Å². The first-order chi connectivity index (χ1) is 8.41. The Bertz CT molecular complexity index is 427. The van der Waals surface area contributed by atoms with E-state index in [4.69, 9.17) is 0 Å². The molecule has 0 saturated heterocycles. The van der Waals surface area contributed by atoms with Crippen LogP contribution in [0.15, 0.2) is 18.2 Å². The second-order valence-corrected chi connectivity index (χ2v) is 4.73. The largest absolute Gasteiger partial charge is 0.416 e. The van der Waals surface area contributed by atoms with E-state index in [1.165, 1.54) is 6.07 Å². The summed E-state index contributed by atoms with van der Waals surface area (Å²) in [4.78, 5) is 0. The average molecular weight is 261 g/mol. The Morgan fingerprint density at radius 3 is 2.61 bits per heavy atom. The van der Waals surface area contributed by atoms with Crippen molar-refractivity contribution in [3.8, 4) is 0 Å². The van der Waals surface area contributed by atoms with Crippen molar-refractivity contribution in [1.82, 2.24) is 0 Å². The highest BCUT2D eigenvalue weighted by Crippen LogP contribution is 2.38. The zero-order chi connectivity index (χ0) is 13.3. The van der Waals surface area contributed by atoms with Crippen molar-refractivity contribution in [3.05, 3.63) is 29.6 Å². The van der Waals surface area contributed by atoms with Crippen molar-refractivity contribution >= 4 is 5.69 Å². The molecule has 1 fully saturated rings. The molecular weight excluding hydrogens is 246 g/mol. The van der Waals surface area contributed by atoms with Crippen molar-refractivity contribution in [3.63, 3.8) is 0 Å². The predicted molar refractivity (Wildman–Crippen MR) is 61.8 cm³/mol.